The summed E-state index contributed by atoms with van der Waals surface area (Å²) >= 11 is 0. The molecule has 0 heterocycles. The number of carbonyl (C=O) groups is 2. The van der Waals surface area contributed by atoms with Crippen LogP contribution in [-0.4, -0.2) is 37.0 Å². The summed E-state index contributed by atoms with van der Waals surface area (Å²) in [4.78, 5) is 22.4. The number of ketones is 2. The van der Waals surface area contributed by atoms with Gasteiger partial charge in [0.2, 0.25) is 0 Å². The fourth-order valence-corrected chi connectivity index (χ4v) is 1.04. The van der Waals surface area contributed by atoms with Crippen molar-refractivity contribution >= 4 is 11.6 Å². The maximum atomic E-state index is 11.2. The van der Waals surface area contributed by atoms with Crippen molar-refractivity contribution in [2.24, 2.45) is 0 Å². The first-order valence-corrected chi connectivity index (χ1v) is 3.78. The Morgan fingerprint density at radius 1 is 1.23 bits per heavy atom. The van der Waals surface area contributed by atoms with Crippen molar-refractivity contribution in [1.29, 1.82) is 0 Å². The molecular formula is C9H10O4. The lowest BCUT2D eigenvalue weighted by Crippen LogP contribution is -2.17. The summed E-state index contributed by atoms with van der Waals surface area (Å²) in [5.74, 6) is -0.598. The third kappa shape index (κ3) is 2.11. The van der Waals surface area contributed by atoms with Crippen LogP contribution in [0.25, 0.3) is 0 Å². The van der Waals surface area contributed by atoms with Crippen LogP contribution in [-0.2, 0) is 14.3 Å². The van der Waals surface area contributed by atoms with Gasteiger partial charge in [0.1, 0.15) is 0 Å². The van der Waals surface area contributed by atoms with Gasteiger partial charge in [0, 0.05) is 18.3 Å². The minimum atomic E-state index is -0.401. The molecule has 0 radical (unpaired) electrons. The summed E-state index contributed by atoms with van der Waals surface area (Å²) in [7, 11) is 1.45. The molecule has 0 aromatic heterocycles. The maximum absolute atomic E-state index is 11.2. The molecule has 0 atom stereocenters. The molecule has 4 nitrogen and oxygen atoms in total. The lowest BCUT2D eigenvalue weighted by molar-refractivity contribution is -0.115. The minimum absolute atomic E-state index is 0.125. The number of methoxy groups -OCH3 is 1. The van der Waals surface area contributed by atoms with E-state index in [2.05, 4.69) is 0 Å². The van der Waals surface area contributed by atoms with Crippen LogP contribution in [0.15, 0.2) is 23.3 Å². The van der Waals surface area contributed by atoms with Crippen molar-refractivity contribution < 1.29 is 19.4 Å². The van der Waals surface area contributed by atoms with E-state index in [0.717, 1.165) is 6.08 Å². The molecule has 4 heteroatoms. The van der Waals surface area contributed by atoms with Crippen molar-refractivity contribution in [1.82, 2.24) is 0 Å². The maximum Gasteiger partial charge on any atom is 0.184 e. The summed E-state index contributed by atoms with van der Waals surface area (Å²) in [5, 5.41) is 8.69. The van der Waals surface area contributed by atoms with Crippen molar-refractivity contribution in [3.8, 4) is 0 Å². The quantitative estimate of drug-likeness (QED) is 0.605. The van der Waals surface area contributed by atoms with E-state index in [1.165, 1.54) is 13.2 Å². The Bertz CT molecular complexity index is 299. The zero-order valence-corrected chi connectivity index (χ0v) is 7.24. The van der Waals surface area contributed by atoms with Gasteiger partial charge in [-0.25, -0.2) is 0 Å². The van der Waals surface area contributed by atoms with Crippen molar-refractivity contribution in [2.75, 3.05) is 20.3 Å². The van der Waals surface area contributed by atoms with Gasteiger partial charge in [-0.1, -0.05) is 0 Å². The van der Waals surface area contributed by atoms with E-state index in [1.54, 1.807) is 0 Å². The monoisotopic (exact) mass is 182 g/mol. The Morgan fingerprint density at radius 2 is 1.77 bits per heavy atom. The van der Waals surface area contributed by atoms with Gasteiger partial charge >= 0.3 is 0 Å². The average Bonchev–Trinajstić information content (AvgIpc) is 2.11. The van der Waals surface area contributed by atoms with Crippen LogP contribution < -0.4 is 0 Å². The number of hydrogen-bond donors (Lipinski definition) is 1. The summed E-state index contributed by atoms with van der Waals surface area (Å²) in [6, 6.07) is 0. The van der Waals surface area contributed by atoms with Gasteiger partial charge < -0.3 is 9.84 Å². The Hall–Kier alpha value is -1.26. The first-order valence-electron chi connectivity index (χ1n) is 3.78. The highest BCUT2D eigenvalue weighted by Gasteiger charge is 2.18. The molecule has 13 heavy (non-hydrogen) atoms. The molecule has 0 spiro atoms. The zero-order chi connectivity index (χ0) is 9.84. The van der Waals surface area contributed by atoms with Gasteiger partial charge in [-0.15, -0.1) is 0 Å². The van der Waals surface area contributed by atoms with E-state index < -0.39 is 6.61 Å². The molecule has 1 rings (SSSR count). The van der Waals surface area contributed by atoms with Crippen LogP contribution in [0.2, 0.25) is 0 Å². The molecule has 0 aliphatic heterocycles. The molecule has 0 aromatic carbocycles. The predicted molar refractivity (Wildman–Crippen MR) is 45.1 cm³/mol. The van der Waals surface area contributed by atoms with Crippen LogP contribution in [0.4, 0.5) is 0 Å². The molecule has 0 fully saturated rings. The third-order valence-corrected chi connectivity index (χ3v) is 1.71. The number of ether oxygens (including phenoxy) is 1. The first-order chi connectivity index (χ1) is 6.19. The Kier molecular flexibility index (Phi) is 3.11. The van der Waals surface area contributed by atoms with Crippen LogP contribution in [0.5, 0.6) is 0 Å². The standard InChI is InChI=1S/C9H10O4/c1-13-5-7-3-8(11)6(4-10)2-9(7)12/h2-3,10H,4-5H2,1H3. The van der Waals surface area contributed by atoms with E-state index in [-0.39, 0.29) is 23.7 Å². The second-order valence-corrected chi connectivity index (χ2v) is 2.66. The second-order valence-electron chi connectivity index (χ2n) is 2.66. The third-order valence-electron chi connectivity index (χ3n) is 1.71. The van der Waals surface area contributed by atoms with Gasteiger partial charge in [0.05, 0.1) is 13.2 Å². The number of carbonyl (C=O) groups excluding carboxylic acids is 2. The lowest BCUT2D eigenvalue weighted by atomic mass is 9.98. The number of hydrogen-bond acceptors (Lipinski definition) is 4. The topological polar surface area (TPSA) is 63.6 Å². The summed E-state index contributed by atoms with van der Waals surface area (Å²) in [6.07, 6.45) is 2.36. The molecule has 0 saturated heterocycles. The number of aliphatic hydroxyl groups excluding tert-OH is 1. The van der Waals surface area contributed by atoms with E-state index in [1.807, 2.05) is 0 Å². The van der Waals surface area contributed by atoms with Gasteiger partial charge in [-0.05, 0) is 12.2 Å². The summed E-state index contributed by atoms with van der Waals surface area (Å²) in [6.45, 7) is -0.277. The number of aliphatic hydroxyl groups is 1. The largest absolute Gasteiger partial charge is 0.392 e. The zero-order valence-electron chi connectivity index (χ0n) is 7.24. The first kappa shape index (κ1) is 9.83. The molecule has 0 saturated carbocycles. The minimum Gasteiger partial charge on any atom is -0.392 e. The SMILES string of the molecule is COCC1=CC(=O)C(CO)=CC1=O. The molecule has 0 unspecified atom stereocenters. The molecular weight excluding hydrogens is 172 g/mol. The number of rotatable bonds is 3. The Labute approximate surface area is 75.5 Å². The van der Waals surface area contributed by atoms with E-state index >= 15 is 0 Å². The van der Waals surface area contributed by atoms with E-state index in [4.69, 9.17) is 9.84 Å². The Balaban J connectivity index is 2.85. The van der Waals surface area contributed by atoms with Crippen molar-refractivity contribution in [2.45, 2.75) is 0 Å². The Morgan fingerprint density at radius 3 is 2.31 bits per heavy atom. The molecule has 1 aliphatic rings. The highest BCUT2D eigenvalue weighted by molar-refractivity contribution is 6.20. The van der Waals surface area contributed by atoms with Gasteiger partial charge in [-0.3, -0.25) is 9.59 Å². The highest BCUT2D eigenvalue weighted by atomic mass is 16.5. The number of allylic oxidation sites excluding steroid dienone is 2. The summed E-state index contributed by atoms with van der Waals surface area (Å²) in [5.41, 5.74) is 0.453. The van der Waals surface area contributed by atoms with Gasteiger partial charge in [0.15, 0.2) is 11.6 Å². The van der Waals surface area contributed by atoms with Crippen molar-refractivity contribution in [3.63, 3.8) is 0 Å². The molecule has 70 valence electrons. The highest BCUT2D eigenvalue weighted by Crippen LogP contribution is 2.11. The van der Waals surface area contributed by atoms with E-state index in [9.17, 15) is 9.59 Å². The molecule has 1 aliphatic carbocycles. The van der Waals surface area contributed by atoms with E-state index in [0.29, 0.717) is 5.57 Å². The van der Waals surface area contributed by atoms with Crippen LogP contribution >= 0.6 is 0 Å². The van der Waals surface area contributed by atoms with Crippen LogP contribution in [0.3, 0.4) is 0 Å². The van der Waals surface area contributed by atoms with Gasteiger partial charge in [-0.2, -0.15) is 0 Å². The fourth-order valence-electron chi connectivity index (χ4n) is 1.04. The predicted octanol–water partition coefficient (Wildman–Crippen LogP) is -0.370. The fraction of sp³-hybridized carbons (Fsp3) is 0.333. The molecule has 1 N–H and O–H groups in total. The second kappa shape index (κ2) is 4.11. The van der Waals surface area contributed by atoms with Crippen LogP contribution in [0, 0.1) is 0 Å². The average molecular weight is 182 g/mol. The normalized spacial score (nSPS) is 17.1. The van der Waals surface area contributed by atoms with Crippen molar-refractivity contribution in [3.05, 3.63) is 23.3 Å². The molecule has 0 bridgehead atoms. The smallest absolute Gasteiger partial charge is 0.184 e. The van der Waals surface area contributed by atoms with Crippen LogP contribution in [0.1, 0.15) is 0 Å². The van der Waals surface area contributed by atoms with Gasteiger partial charge in [0.25, 0.3) is 0 Å². The lowest BCUT2D eigenvalue weighted by Gasteiger charge is -2.09. The molecule has 0 aromatic rings. The summed E-state index contributed by atoms with van der Waals surface area (Å²) < 4.78 is 4.74. The molecule has 0 amide bonds.